The lowest BCUT2D eigenvalue weighted by Gasteiger charge is -2.23. The number of hydrogen-bond donors (Lipinski definition) is 2. The normalized spacial score (nSPS) is 13.5. The van der Waals surface area contributed by atoms with Crippen molar-refractivity contribution in [3.05, 3.63) is 63.2 Å². The van der Waals surface area contributed by atoms with Gasteiger partial charge in [-0.05, 0) is 57.7 Å². The highest BCUT2D eigenvalue weighted by atomic mass is 35.5. The summed E-state index contributed by atoms with van der Waals surface area (Å²) in [5.74, 6) is -1.51. The number of hydrogen-bond acceptors (Lipinski definition) is 5. The van der Waals surface area contributed by atoms with Crippen LogP contribution in [0.3, 0.4) is 0 Å². The number of nitrogens with one attached hydrogen (secondary N) is 1. The third kappa shape index (κ3) is 6.89. The van der Waals surface area contributed by atoms with E-state index in [0.717, 1.165) is 16.5 Å². The Morgan fingerprint density at radius 3 is 2.38 bits per heavy atom. The Bertz CT molecular complexity index is 1190. The Morgan fingerprint density at radius 2 is 1.68 bits per heavy atom. The van der Waals surface area contributed by atoms with Crippen LogP contribution in [0, 0.1) is 5.92 Å². The zero-order chi connectivity index (χ0) is 25.0. The fourth-order valence-electron chi connectivity index (χ4n) is 3.52. The summed E-state index contributed by atoms with van der Waals surface area (Å²) >= 11 is 18.2. The topological polar surface area (TPSA) is 94.4 Å². The van der Waals surface area contributed by atoms with Crippen molar-refractivity contribution in [2.24, 2.45) is 11.7 Å². The van der Waals surface area contributed by atoms with Gasteiger partial charge in [0, 0.05) is 23.2 Å². The summed E-state index contributed by atoms with van der Waals surface area (Å²) in [4.78, 5) is 28.7. The second-order valence-electron chi connectivity index (χ2n) is 9.10. The van der Waals surface area contributed by atoms with E-state index in [-0.39, 0.29) is 27.2 Å². The van der Waals surface area contributed by atoms with Crippen LogP contribution in [0.4, 0.5) is 0 Å². The van der Waals surface area contributed by atoms with Crippen LogP contribution >= 0.6 is 34.8 Å². The second kappa shape index (κ2) is 11.0. The molecule has 9 heteroatoms. The zero-order valence-corrected chi connectivity index (χ0v) is 21.4. The number of aromatic amines is 1. The van der Waals surface area contributed by atoms with Gasteiger partial charge in [-0.3, -0.25) is 9.59 Å². The molecule has 0 saturated carbocycles. The summed E-state index contributed by atoms with van der Waals surface area (Å²) in [6.07, 6.45) is 2.79. The number of H-pyrrole nitrogens is 1. The molecule has 3 N–H and O–H groups in total. The lowest BCUT2D eigenvalue weighted by atomic mass is 9.92. The van der Waals surface area contributed by atoms with Gasteiger partial charge in [0.05, 0.1) is 21.0 Å². The summed E-state index contributed by atoms with van der Waals surface area (Å²) in [6.45, 7) is 5.32. The van der Waals surface area contributed by atoms with Gasteiger partial charge in [0.2, 0.25) is 0 Å². The maximum Gasteiger partial charge on any atom is 0.323 e. The van der Waals surface area contributed by atoms with Crippen LogP contribution in [0.5, 0.6) is 5.75 Å². The molecular weight excluding hydrogens is 499 g/mol. The van der Waals surface area contributed by atoms with E-state index in [9.17, 15) is 9.59 Å². The van der Waals surface area contributed by atoms with Crippen LogP contribution in [-0.4, -0.2) is 28.6 Å². The molecule has 0 aliphatic carbocycles. The number of nitrogens with two attached hydrogens (primary N) is 1. The quantitative estimate of drug-likeness (QED) is 0.203. The molecule has 0 fully saturated rings. The number of carbonyl (C=O) groups excluding carboxylic acids is 2. The van der Waals surface area contributed by atoms with Crippen molar-refractivity contribution in [1.29, 1.82) is 0 Å². The average molecular weight is 526 g/mol. The molecule has 0 aliphatic rings. The first-order valence-corrected chi connectivity index (χ1v) is 12.0. The van der Waals surface area contributed by atoms with E-state index in [1.54, 1.807) is 20.8 Å². The summed E-state index contributed by atoms with van der Waals surface area (Å²) in [6, 6.07) is 9.75. The highest BCUT2D eigenvalue weighted by molar-refractivity contribution is 6.43. The minimum atomic E-state index is -0.869. The lowest BCUT2D eigenvalue weighted by molar-refractivity contribution is -0.157. The SMILES string of the molecule is CC(C)(C)OC(=O)C(N)CCC(Cc1c[nH]c2ccccc12)C(=O)Oc1cc(Cl)c(Cl)cc1Cl. The molecule has 1 aromatic heterocycles. The van der Waals surface area contributed by atoms with Crippen molar-refractivity contribution in [3.63, 3.8) is 0 Å². The maximum atomic E-state index is 13.2. The van der Waals surface area contributed by atoms with Gasteiger partial charge < -0.3 is 20.2 Å². The Morgan fingerprint density at radius 1 is 1.00 bits per heavy atom. The van der Waals surface area contributed by atoms with E-state index < -0.39 is 29.5 Å². The van der Waals surface area contributed by atoms with Crippen molar-refractivity contribution in [3.8, 4) is 5.75 Å². The minimum absolute atomic E-state index is 0.112. The molecular formula is C25H27Cl3N2O4. The number of ether oxygens (including phenoxy) is 2. The maximum absolute atomic E-state index is 13.2. The van der Waals surface area contributed by atoms with Gasteiger partial charge in [-0.1, -0.05) is 53.0 Å². The molecule has 0 amide bonds. The number of halogens is 3. The molecule has 6 nitrogen and oxygen atoms in total. The first-order valence-electron chi connectivity index (χ1n) is 10.8. The van der Waals surface area contributed by atoms with Gasteiger partial charge in [0.15, 0.2) is 5.75 Å². The first kappa shape index (κ1) is 26.4. The molecule has 34 heavy (non-hydrogen) atoms. The fraction of sp³-hybridized carbons (Fsp3) is 0.360. The van der Waals surface area contributed by atoms with E-state index in [2.05, 4.69) is 4.98 Å². The third-order valence-corrected chi connectivity index (χ3v) is 6.21. The average Bonchev–Trinajstić information content (AvgIpc) is 3.16. The largest absolute Gasteiger partial charge is 0.459 e. The van der Waals surface area contributed by atoms with Crippen LogP contribution in [0.25, 0.3) is 10.9 Å². The van der Waals surface area contributed by atoms with Crippen molar-refractivity contribution in [2.45, 2.75) is 51.7 Å². The van der Waals surface area contributed by atoms with Gasteiger partial charge >= 0.3 is 11.9 Å². The van der Waals surface area contributed by atoms with Crippen LogP contribution in [0.2, 0.25) is 15.1 Å². The van der Waals surface area contributed by atoms with Crippen LogP contribution in [0.1, 0.15) is 39.2 Å². The zero-order valence-electron chi connectivity index (χ0n) is 19.2. The second-order valence-corrected chi connectivity index (χ2v) is 10.3. The standard InChI is InChI=1S/C25H27Cl3N2O4/c1-25(2,3)34-24(32)20(29)9-8-14(10-15-13-30-21-7-5-4-6-16(15)21)23(31)33-22-12-18(27)17(26)11-19(22)28/h4-7,11-14,20,30H,8-10,29H2,1-3H3. The van der Waals surface area contributed by atoms with E-state index in [4.69, 9.17) is 50.0 Å². The van der Waals surface area contributed by atoms with E-state index in [1.165, 1.54) is 12.1 Å². The number of rotatable bonds is 8. The van der Waals surface area contributed by atoms with Crippen LogP contribution in [0.15, 0.2) is 42.6 Å². The highest BCUT2D eigenvalue weighted by Crippen LogP contribution is 2.35. The molecule has 2 atom stereocenters. The Hall–Kier alpha value is -2.25. The molecule has 1 heterocycles. The number of para-hydroxylation sites is 1. The van der Waals surface area contributed by atoms with Crippen LogP contribution in [-0.2, 0) is 20.7 Å². The first-order chi connectivity index (χ1) is 15.9. The third-order valence-electron chi connectivity index (χ3n) is 5.20. The predicted molar refractivity (Wildman–Crippen MR) is 136 cm³/mol. The molecule has 3 aromatic rings. The number of fused-ring (bicyclic) bond motifs is 1. The molecule has 0 bridgehead atoms. The molecule has 0 aliphatic heterocycles. The van der Waals surface area contributed by atoms with Gasteiger partial charge in [-0.15, -0.1) is 0 Å². The molecule has 3 rings (SSSR count). The smallest absolute Gasteiger partial charge is 0.323 e. The molecule has 0 radical (unpaired) electrons. The number of aromatic nitrogens is 1. The lowest BCUT2D eigenvalue weighted by Crippen LogP contribution is -2.38. The summed E-state index contributed by atoms with van der Waals surface area (Å²) in [5.41, 5.74) is 7.32. The Kier molecular flexibility index (Phi) is 8.52. The fourth-order valence-corrected chi connectivity index (χ4v) is 4.09. The molecule has 0 spiro atoms. The Balaban J connectivity index is 1.80. The van der Waals surface area contributed by atoms with Crippen LogP contribution < -0.4 is 10.5 Å². The highest BCUT2D eigenvalue weighted by Gasteiger charge is 2.28. The number of carbonyl (C=O) groups is 2. The number of benzene rings is 2. The van der Waals surface area contributed by atoms with Gasteiger partial charge in [-0.2, -0.15) is 0 Å². The molecule has 2 aromatic carbocycles. The van der Waals surface area contributed by atoms with Gasteiger partial charge in [0.1, 0.15) is 11.6 Å². The molecule has 2 unspecified atom stereocenters. The monoisotopic (exact) mass is 524 g/mol. The van der Waals surface area contributed by atoms with Crippen molar-refractivity contribution in [2.75, 3.05) is 0 Å². The van der Waals surface area contributed by atoms with Crippen molar-refractivity contribution < 1.29 is 19.1 Å². The molecule has 0 saturated heterocycles. The van der Waals surface area contributed by atoms with Gasteiger partial charge in [-0.25, -0.2) is 0 Å². The number of esters is 2. The summed E-state index contributed by atoms with van der Waals surface area (Å²) < 4.78 is 11.0. The summed E-state index contributed by atoms with van der Waals surface area (Å²) in [7, 11) is 0. The predicted octanol–water partition coefficient (Wildman–Crippen LogP) is 6.34. The van der Waals surface area contributed by atoms with E-state index in [0.29, 0.717) is 12.8 Å². The van der Waals surface area contributed by atoms with E-state index in [1.807, 2.05) is 30.5 Å². The van der Waals surface area contributed by atoms with Crippen molar-refractivity contribution in [1.82, 2.24) is 4.98 Å². The van der Waals surface area contributed by atoms with E-state index >= 15 is 0 Å². The summed E-state index contributed by atoms with van der Waals surface area (Å²) in [5, 5.41) is 1.64. The minimum Gasteiger partial charge on any atom is -0.459 e. The van der Waals surface area contributed by atoms with Gasteiger partial charge in [0.25, 0.3) is 0 Å². The van der Waals surface area contributed by atoms with Crippen molar-refractivity contribution >= 4 is 57.6 Å². The molecule has 182 valence electrons. The Labute approximate surface area is 213 Å².